The fraction of sp³-hybridized carbons (Fsp3) is 0.667. The molecule has 0 aromatic rings. The van der Waals surface area contributed by atoms with E-state index in [4.69, 9.17) is 0 Å². The van der Waals surface area contributed by atoms with Crippen molar-refractivity contribution >= 4 is 10.1 Å². The summed E-state index contributed by atoms with van der Waals surface area (Å²) in [6, 6.07) is 0. The third kappa shape index (κ3) is 4.34. The number of hydrogen-bond donors (Lipinski definition) is 0. The van der Waals surface area contributed by atoms with Crippen LogP contribution in [0, 0.1) is 12.0 Å². The van der Waals surface area contributed by atoms with Gasteiger partial charge in [-0.3, -0.25) is 4.18 Å². The molecule has 0 aliphatic carbocycles. The molecule has 0 aliphatic heterocycles. The Morgan fingerprint density at radius 1 is 1.29 bits per heavy atom. The second-order valence-electron chi connectivity index (χ2n) is 1.92. The molecule has 0 saturated heterocycles. The van der Waals surface area contributed by atoms with Crippen molar-refractivity contribution in [2.75, 3.05) is 13.2 Å². The lowest BCUT2D eigenvalue weighted by Crippen LogP contribution is -2.26. The molecule has 8 heteroatoms. The summed E-state index contributed by atoms with van der Waals surface area (Å²) in [5, 5.41) is 0. The van der Waals surface area contributed by atoms with Crippen molar-refractivity contribution in [3.05, 3.63) is 0 Å². The normalized spacial score (nSPS) is 11.7. The first-order valence-corrected chi connectivity index (χ1v) is 4.71. The summed E-state index contributed by atoms with van der Waals surface area (Å²) in [6.07, 6.45) is 2.07. The van der Waals surface area contributed by atoms with Gasteiger partial charge in [-0.15, -0.1) is 0 Å². The van der Waals surface area contributed by atoms with Crippen molar-refractivity contribution in [1.82, 2.24) is 0 Å². The Balaban J connectivity index is 3.95. The van der Waals surface area contributed by atoms with Crippen molar-refractivity contribution in [3.63, 3.8) is 0 Å². The van der Waals surface area contributed by atoms with Gasteiger partial charge in [-0.25, -0.2) is 0 Å². The van der Waals surface area contributed by atoms with E-state index in [-0.39, 0.29) is 6.61 Å². The van der Waals surface area contributed by atoms with Crippen LogP contribution >= 0.6 is 0 Å². The molecule has 0 aromatic carbocycles. The maximum Gasteiger partial charge on any atom is 0.523 e. The average molecular weight is 232 g/mol. The molecular weight excluding hydrogens is 225 g/mol. The van der Waals surface area contributed by atoms with Gasteiger partial charge in [-0.1, -0.05) is 5.92 Å². The maximum absolute atomic E-state index is 11.6. The number of hydrogen-bond acceptors (Lipinski definition) is 4. The zero-order valence-electron chi connectivity index (χ0n) is 7.09. The van der Waals surface area contributed by atoms with Crippen molar-refractivity contribution in [2.24, 2.45) is 0 Å². The summed E-state index contributed by atoms with van der Waals surface area (Å²) in [4.78, 5) is 0. The molecule has 0 rings (SSSR count). The second kappa shape index (κ2) is 5.07. The van der Waals surface area contributed by atoms with E-state index >= 15 is 0 Å². The van der Waals surface area contributed by atoms with Crippen LogP contribution in [0.1, 0.15) is 6.92 Å². The molecule has 0 N–H and O–H groups in total. The summed E-state index contributed by atoms with van der Waals surface area (Å²) in [7, 11) is -5.51. The van der Waals surface area contributed by atoms with Gasteiger partial charge in [0.25, 0.3) is 0 Å². The van der Waals surface area contributed by atoms with Crippen molar-refractivity contribution in [1.29, 1.82) is 0 Å². The molecule has 14 heavy (non-hydrogen) atoms. The van der Waals surface area contributed by atoms with E-state index in [1.807, 2.05) is 0 Å². The minimum atomic E-state index is -5.51. The molecule has 0 saturated carbocycles. The van der Waals surface area contributed by atoms with Crippen molar-refractivity contribution in [3.8, 4) is 12.0 Å². The standard InChI is InChI=1S/C6H7F3O4S/c1-2-3-12-4-5-13-14(10,11)6(7,8)9/h4-5H2,1H3. The van der Waals surface area contributed by atoms with E-state index in [1.54, 1.807) is 0 Å². The van der Waals surface area contributed by atoms with Gasteiger partial charge in [0.15, 0.2) is 0 Å². The van der Waals surface area contributed by atoms with Crippen LogP contribution in [0.4, 0.5) is 13.2 Å². The molecule has 0 unspecified atom stereocenters. The molecule has 0 heterocycles. The lowest BCUT2D eigenvalue weighted by Gasteiger charge is -2.06. The Kier molecular flexibility index (Phi) is 4.73. The minimum Gasteiger partial charge on any atom is -0.444 e. The van der Waals surface area contributed by atoms with Crippen LogP contribution in [0.5, 0.6) is 0 Å². The minimum absolute atomic E-state index is 0.351. The summed E-state index contributed by atoms with van der Waals surface area (Å²) < 4.78 is 63.3. The second-order valence-corrected chi connectivity index (χ2v) is 3.53. The van der Waals surface area contributed by atoms with Crippen LogP contribution in [0.25, 0.3) is 0 Å². The highest BCUT2D eigenvalue weighted by Gasteiger charge is 2.47. The van der Waals surface area contributed by atoms with E-state index in [0.29, 0.717) is 0 Å². The lowest BCUT2D eigenvalue weighted by molar-refractivity contribution is -0.0548. The number of alkyl halides is 3. The average Bonchev–Trinajstić information content (AvgIpc) is 2.02. The largest absolute Gasteiger partial charge is 0.523 e. The van der Waals surface area contributed by atoms with E-state index < -0.39 is 22.2 Å². The van der Waals surface area contributed by atoms with Gasteiger partial charge in [0.2, 0.25) is 0 Å². The Morgan fingerprint density at radius 3 is 2.29 bits per heavy atom. The highest BCUT2D eigenvalue weighted by atomic mass is 32.2. The van der Waals surface area contributed by atoms with Gasteiger partial charge in [0.05, 0.1) is 0 Å². The lowest BCUT2D eigenvalue weighted by atomic mass is 10.8. The molecule has 0 amide bonds. The fourth-order valence-electron chi connectivity index (χ4n) is 0.375. The number of halogens is 3. The summed E-state index contributed by atoms with van der Waals surface area (Å²) >= 11 is 0. The Hall–Kier alpha value is -0.940. The molecule has 82 valence electrons. The Labute approximate surface area is 79.1 Å². The zero-order chi connectivity index (χ0) is 11.2. The van der Waals surface area contributed by atoms with Crippen LogP contribution < -0.4 is 0 Å². The smallest absolute Gasteiger partial charge is 0.444 e. The molecule has 0 atom stereocenters. The first-order valence-electron chi connectivity index (χ1n) is 3.30. The van der Waals surface area contributed by atoms with E-state index in [2.05, 4.69) is 20.9 Å². The third-order valence-electron chi connectivity index (χ3n) is 0.882. The van der Waals surface area contributed by atoms with Crippen LogP contribution in [0.3, 0.4) is 0 Å². The van der Waals surface area contributed by atoms with E-state index in [0.717, 1.165) is 0 Å². The summed E-state index contributed by atoms with van der Waals surface area (Å²) in [6.45, 7) is 0.375. The Bertz CT molecular complexity index is 321. The van der Waals surface area contributed by atoms with Gasteiger partial charge < -0.3 is 4.74 Å². The van der Waals surface area contributed by atoms with Crippen LogP contribution in [0.2, 0.25) is 0 Å². The predicted molar refractivity (Wildman–Crippen MR) is 40.3 cm³/mol. The topological polar surface area (TPSA) is 52.6 Å². The summed E-state index contributed by atoms with van der Waals surface area (Å²) in [5.74, 6) is 2.30. The highest BCUT2D eigenvalue weighted by molar-refractivity contribution is 7.87. The first kappa shape index (κ1) is 13.1. The van der Waals surface area contributed by atoms with Gasteiger partial charge in [-0.2, -0.15) is 21.6 Å². The van der Waals surface area contributed by atoms with Gasteiger partial charge in [0, 0.05) is 6.92 Å². The molecule has 0 aromatic heterocycles. The van der Waals surface area contributed by atoms with Crippen LogP contribution in [-0.4, -0.2) is 27.1 Å². The maximum atomic E-state index is 11.6. The van der Waals surface area contributed by atoms with Gasteiger partial charge in [-0.05, 0) is 0 Å². The van der Waals surface area contributed by atoms with Crippen molar-refractivity contribution < 1.29 is 30.5 Å². The number of rotatable bonds is 4. The van der Waals surface area contributed by atoms with Crippen molar-refractivity contribution in [2.45, 2.75) is 12.4 Å². The van der Waals surface area contributed by atoms with Crippen LogP contribution in [0.15, 0.2) is 0 Å². The molecular formula is C6H7F3O4S. The van der Waals surface area contributed by atoms with Crippen LogP contribution in [-0.2, 0) is 19.0 Å². The molecule has 4 nitrogen and oxygen atoms in total. The molecule has 0 aliphatic rings. The van der Waals surface area contributed by atoms with E-state index in [1.165, 1.54) is 6.92 Å². The van der Waals surface area contributed by atoms with Gasteiger partial charge >= 0.3 is 15.6 Å². The Morgan fingerprint density at radius 2 is 1.86 bits per heavy atom. The third-order valence-corrected chi connectivity index (χ3v) is 1.93. The summed E-state index contributed by atoms with van der Waals surface area (Å²) in [5.41, 5.74) is -5.40. The molecule has 0 spiro atoms. The SMILES string of the molecule is CC#COCCOS(=O)(=O)C(F)(F)F. The monoisotopic (exact) mass is 232 g/mol. The molecule has 0 bridgehead atoms. The van der Waals surface area contributed by atoms with E-state index in [9.17, 15) is 21.6 Å². The molecule has 0 radical (unpaired) electrons. The fourth-order valence-corrected chi connectivity index (χ4v) is 0.796. The quantitative estimate of drug-likeness (QED) is 0.312. The molecule has 0 fully saturated rings. The van der Waals surface area contributed by atoms with Gasteiger partial charge in [0.1, 0.15) is 19.3 Å². The zero-order valence-corrected chi connectivity index (χ0v) is 7.91. The highest BCUT2D eigenvalue weighted by Crippen LogP contribution is 2.24. The predicted octanol–water partition coefficient (Wildman–Crippen LogP) is 0.850. The first-order chi connectivity index (χ1) is 6.31. The number of ether oxygens (including phenoxy) is 1.